The van der Waals surface area contributed by atoms with E-state index in [-0.39, 0.29) is 30.6 Å². The number of halogens is 1. The highest BCUT2D eigenvalue weighted by Crippen LogP contribution is 2.30. The quantitative estimate of drug-likeness (QED) is 0.767. The van der Waals surface area contributed by atoms with Crippen molar-refractivity contribution in [3.05, 3.63) is 59.4 Å². The van der Waals surface area contributed by atoms with Crippen LogP contribution in [-0.2, 0) is 4.79 Å². The van der Waals surface area contributed by atoms with E-state index in [1.54, 1.807) is 44.5 Å². The standard InChI is InChI=1S/C21H26FNO4/c1-14(15-5-8-17(22)9-6-15)11-21(25)23(2)13-18(24)16-7-10-19(26-3)20(12-16)27-4/h5-10,12,14,18,24H,11,13H2,1-4H3. The number of likely N-dealkylation sites (N-methyl/N-ethyl adjacent to an activating group) is 1. The van der Waals surface area contributed by atoms with Gasteiger partial charge in [-0.1, -0.05) is 25.1 Å². The Morgan fingerprint density at radius 3 is 2.26 bits per heavy atom. The van der Waals surface area contributed by atoms with E-state index in [0.717, 1.165) is 5.56 Å². The van der Waals surface area contributed by atoms with Crippen LogP contribution < -0.4 is 9.47 Å². The van der Waals surface area contributed by atoms with E-state index >= 15 is 0 Å². The Hall–Kier alpha value is -2.60. The van der Waals surface area contributed by atoms with Crippen LogP contribution in [0, 0.1) is 5.82 Å². The van der Waals surface area contributed by atoms with E-state index in [2.05, 4.69) is 0 Å². The number of carbonyl (C=O) groups excluding carboxylic acids is 1. The lowest BCUT2D eigenvalue weighted by molar-refractivity contribution is -0.131. The molecule has 0 aromatic heterocycles. The summed E-state index contributed by atoms with van der Waals surface area (Å²) in [5.74, 6) is 0.663. The smallest absolute Gasteiger partial charge is 0.223 e. The fourth-order valence-electron chi connectivity index (χ4n) is 2.85. The summed E-state index contributed by atoms with van der Waals surface area (Å²) >= 11 is 0. The first-order valence-electron chi connectivity index (χ1n) is 8.75. The number of hydrogen-bond acceptors (Lipinski definition) is 4. The highest BCUT2D eigenvalue weighted by atomic mass is 19.1. The number of carbonyl (C=O) groups is 1. The minimum Gasteiger partial charge on any atom is -0.493 e. The predicted octanol–water partition coefficient (Wildman–Crippen LogP) is 3.53. The third kappa shape index (κ3) is 5.44. The first-order chi connectivity index (χ1) is 12.8. The van der Waals surface area contributed by atoms with Gasteiger partial charge < -0.3 is 19.5 Å². The van der Waals surface area contributed by atoms with E-state index < -0.39 is 6.10 Å². The molecule has 0 aliphatic rings. The molecule has 2 rings (SSSR count). The topological polar surface area (TPSA) is 59.0 Å². The number of amides is 1. The second-order valence-corrected chi connectivity index (χ2v) is 6.56. The average molecular weight is 375 g/mol. The molecule has 2 aromatic rings. The summed E-state index contributed by atoms with van der Waals surface area (Å²) < 4.78 is 23.5. The molecule has 0 heterocycles. The largest absolute Gasteiger partial charge is 0.493 e. The lowest BCUT2D eigenvalue weighted by Crippen LogP contribution is -2.31. The van der Waals surface area contributed by atoms with E-state index in [1.165, 1.54) is 24.1 Å². The van der Waals surface area contributed by atoms with Gasteiger partial charge in [0, 0.05) is 13.5 Å². The van der Waals surface area contributed by atoms with Gasteiger partial charge in [0.1, 0.15) is 5.82 Å². The lowest BCUT2D eigenvalue weighted by Gasteiger charge is -2.23. The molecule has 0 aliphatic heterocycles. The van der Waals surface area contributed by atoms with Gasteiger partial charge in [0.05, 0.1) is 26.9 Å². The summed E-state index contributed by atoms with van der Waals surface area (Å²) in [7, 11) is 4.73. The molecule has 2 aromatic carbocycles. The van der Waals surface area contributed by atoms with Crippen molar-refractivity contribution in [2.24, 2.45) is 0 Å². The van der Waals surface area contributed by atoms with Gasteiger partial charge in [-0.25, -0.2) is 4.39 Å². The molecule has 2 atom stereocenters. The molecule has 6 heteroatoms. The zero-order valence-electron chi connectivity index (χ0n) is 16.1. The molecule has 1 N–H and O–H groups in total. The zero-order chi connectivity index (χ0) is 20.0. The Labute approximate surface area is 159 Å². The van der Waals surface area contributed by atoms with Crippen LogP contribution in [0.15, 0.2) is 42.5 Å². The summed E-state index contributed by atoms with van der Waals surface area (Å²) in [5.41, 5.74) is 1.54. The molecule has 5 nitrogen and oxygen atoms in total. The van der Waals surface area contributed by atoms with Gasteiger partial charge in [0.25, 0.3) is 0 Å². The van der Waals surface area contributed by atoms with Crippen molar-refractivity contribution in [2.45, 2.75) is 25.4 Å². The highest BCUT2D eigenvalue weighted by molar-refractivity contribution is 5.76. The first-order valence-corrected chi connectivity index (χ1v) is 8.75. The van der Waals surface area contributed by atoms with E-state index in [1.807, 2.05) is 6.92 Å². The number of benzene rings is 2. The van der Waals surface area contributed by atoms with Crippen molar-refractivity contribution in [1.29, 1.82) is 0 Å². The van der Waals surface area contributed by atoms with Gasteiger partial charge in [0.2, 0.25) is 5.91 Å². The molecular formula is C21H26FNO4. The summed E-state index contributed by atoms with van der Waals surface area (Å²) in [6.45, 7) is 2.08. The van der Waals surface area contributed by atoms with Crippen LogP contribution in [0.5, 0.6) is 11.5 Å². The fraction of sp³-hybridized carbons (Fsp3) is 0.381. The normalized spacial score (nSPS) is 13.0. The van der Waals surface area contributed by atoms with Crippen molar-refractivity contribution in [2.75, 3.05) is 27.8 Å². The first kappa shape index (κ1) is 20.7. The molecule has 0 radical (unpaired) electrons. The number of aliphatic hydroxyl groups is 1. The zero-order valence-corrected chi connectivity index (χ0v) is 16.1. The van der Waals surface area contributed by atoms with Crippen LogP contribution in [0.1, 0.15) is 36.5 Å². The van der Waals surface area contributed by atoms with Gasteiger partial charge >= 0.3 is 0 Å². The maximum Gasteiger partial charge on any atom is 0.223 e. The number of methoxy groups -OCH3 is 2. The SMILES string of the molecule is COc1ccc(C(O)CN(C)C(=O)CC(C)c2ccc(F)cc2)cc1OC. The lowest BCUT2D eigenvalue weighted by atomic mass is 9.97. The van der Waals surface area contributed by atoms with E-state index in [9.17, 15) is 14.3 Å². The van der Waals surface area contributed by atoms with Gasteiger partial charge in [-0.2, -0.15) is 0 Å². The maximum atomic E-state index is 13.0. The predicted molar refractivity (Wildman–Crippen MR) is 102 cm³/mol. The van der Waals surface area contributed by atoms with E-state index in [4.69, 9.17) is 9.47 Å². The molecule has 2 unspecified atom stereocenters. The van der Waals surface area contributed by atoms with Crippen molar-refractivity contribution < 1.29 is 23.8 Å². The monoisotopic (exact) mass is 375 g/mol. The molecule has 0 spiro atoms. The number of hydrogen-bond donors (Lipinski definition) is 1. The second kappa shape index (κ2) is 9.37. The highest BCUT2D eigenvalue weighted by Gasteiger charge is 2.19. The number of aliphatic hydroxyl groups excluding tert-OH is 1. The third-order valence-corrected chi connectivity index (χ3v) is 4.58. The molecule has 27 heavy (non-hydrogen) atoms. The number of nitrogens with zero attached hydrogens (tertiary/aromatic N) is 1. The second-order valence-electron chi connectivity index (χ2n) is 6.56. The fourth-order valence-corrected chi connectivity index (χ4v) is 2.85. The molecule has 0 saturated carbocycles. The van der Waals surface area contributed by atoms with Crippen molar-refractivity contribution in [1.82, 2.24) is 4.90 Å². The molecule has 0 aliphatic carbocycles. The summed E-state index contributed by atoms with van der Waals surface area (Å²) in [6, 6.07) is 11.3. The Bertz CT molecular complexity index is 763. The Morgan fingerprint density at radius 2 is 1.67 bits per heavy atom. The Morgan fingerprint density at radius 1 is 1.07 bits per heavy atom. The summed E-state index contributed by atoms with van der Waals surface area (Å²) in [5, 5.41) is 10.5. The molecular weight excluding hydrogens is 349 g/mol. The van der Waals surface area contributed by atoms with Gasteiger partial charge in [-0.15, -0.1) is 0 Å². The Kier molecular flexibility index (Phi) is 7.19. The van der Waals surface area contributed by atoms with Crippen molar-refractivity contribution in [3.8, 4) is 11.5 Å². The molecule has 0 bridgehead atoms. The van der Waals surface area contributed by atoms with Gasteiger partial charge in [-0.3, -0.25) is 4.79 Å². The summed E-state index contributed by atoms with van der Waals surface area (Å²) in [4.78, 5) is 14.0. The average Bonchev–Trinajstić information content (AvgIpc) is 2.67. The molecule has 0 saturated heterocycles. The molecule has 146 valence electrons. The van der Waals surface area contributed by atoms with Crippen molar-refractivity contribution >= 4 is 5.91 Å². The van der Waals surface area contributed by atoms with Crippen molar-refractivity contribution in [3.63, 3.8) is 0 Å². The summed E-state index contributed by atoms with van der Waals surface area (Å²) in [6.07, 6.45) is -0.569. The number of ether oxygens (including phenoxy) is 2. The van der Waals surface area contributed by atoms with Crippen LogP contribution in [0.3, 0.4) is 0 Å². The third-order valence-electron chi connectivity index (χ3n) is 4.58. The Balaban J connectivity index is 1.97. The van der Waals surface area contributed by atoms with Crippen LogP contribution in [-0.4, -0.2) is 43.7 Å². The maximum absolute atomic E-state index is 13.0. The molecule has 0 fully saturated rings. The van der Waals surface area contributed by atoms with Gasteiger partial charge in [-0.05, 0) is 41.3 Å². The van der Waals surface area contributed by atoms with Crippen LogP contribution in [0.25, 0.3) is 0 Å². The minimum atomic E-state index is -0.847. The number of rotatable bonds is 8. The van der Waals surface area contributed by atoms with Gasteiger partial charge in [0.15, 0.2) is 11.5 Å². The van der Waals surface area contributed by atoms with Crippen LogP contribution in [0.4, 0.5) is 4.39 Å². The van der Waals surface area contributed by atoms with Crippen LogP contribution in [0.2, 0.25) is 0 Å². The minimum absolute atomic E-state index is 0.0428. The molecule has 1 amide bonds. The van der Waals surface area contributed by atoms with E-state index in [0.29, 0.717) is 17.1 Å². The van der Waals surface area contributed by atoms with Crippen LogP contribution >= 0.6 is 0 Å².